The van der Waals surface area contributed by atoms with Crippen molar-refractivity contribution in [3.63, 3.8) is 0 Å². The number of carboxylic acids is 1. The van der Waals surface area contributed by atoms with Gasteiger partial charge < -0.3 is 9.84 Å². The molecule has 4 heteroatoms. The first-order chi connectivity index (χ1) is 10.6. The molecule has 2 aromatic rings. The van der Waals surface area contributed by atoms with Gasteiger partial charge in [-0.25, -0.2) is 0 Å². The van der Waals surface area contributed by atoms with Crippen molar-refractivity contribution in [3.05, 3.63) is 64.7 Å². The molecule has 1 atom stereocenters. The van der Waals surface area contributed by atoms with E-state index in [1.165, 1.54) is 5.56 Å². The maximum absolute atomic E-state index is 11.0. The van der Waals surface area contributed by atoms with Crippen LogP contribution in [0, 0.1) is 0 Å². The first kappa shape index (κ1) is 16.4. The highest BCUT2D eigenvalue weighted by Crippen LogP contribution is 2.28. The van der Waals surface area contributed by atoms with Gasteiger partial charge in [0.15, 0.2) is 0 Å². The molecule has 0 unspecified atom stereocenters. The second-order valence-corrected chi connectivity index (χ2v) is 5.59. The summed E-state index contributed by atoms with van der Waals surface area (Å²) in [7, 11) is 0. The van der Waals surface area contributed by atoms with Crippen molar-refractivity contribution in [2.24, 2.45) is 0 Å². The Balaban J connectivity index is 1.87. The minimum absolute atomic E-state index is 0.449. The number of ether oxygens (including phenoxy) is 1. The number of halogens is 1. The lowest BCUT2D eigenvalue weighted by molar-refractivity contribution is -0.138. The number of carboxylic acid groups (broad SMARTS) is 1. The Kier molecular flexibility index (Phi) is 5.84. The summed E-state index contributed by atoms with van der Waals surface area (Å²) < 4.78 is 5.67. The Bertz CT molecular complexity index is 625. The van der Waals surface area contributed by atoms with Crippen LogP contribution in [0.5, 0.6) is 5.75 Å². The van der Waals surface area contributed by atoms with E-state index in [1.807, 2.05) is 18.2 Å². The summed E-state index contributed by atoms with van der Waals surface area (Å²) in [5.41, 5.74) is 1.96. The third kappa shape index (κ3) is 4.50. The zero-order valence-corrected chi connectivity index (χ0v) is 13.2. The van der Waals surface area contributed by atoms with E-state index >= 15 is 0 Å². The average Bonchev–Trinajstić information content (AvgIpc) is 2.53. The van der Waals surface area contributed by atoms with Crippen molar-refractivity contribution in [2.45, 2.75) is 25.7 Å². The average molecular weight is 319 g/mol. The molecular weight excluding hydrogens is 300 g/mol. The molecule has 0 aliphatic rings. The first-order valence-electron chi connectivity index (χ1n) is 7.27. The van der Waals surface area contributed by atoms with E-state index in [0.717, 1.165) is 12.8 Å². The predicted molar refractivity (Wildman–Crippen MR) is 87.8 cm³/mol. The highest BCUT2D eigenvalue weighted by Gasteiger charge is 2.15. The Labute approximate surface area is 135 Å². The standard InChI is InChI=1S/C18H19ClO3/c1-13(18(20)21)15-9-10-17(16(19)12-15)22-11-5-8-14-6-3-2-4-7-14/h2-4,6-7,9-10,12-13H,5,8,11H2,1H3,(H,20,21)/t13-/m0/s1. The van der Waals surface area contributed by atoms with Gasteiger partial charge in [-0.2, -0.15) is 0 Å². The predicted octanol–water partition coefficient (Wildman–Crippen LogP) is 4.54. The summed E-state index contributed by atoms with van der Waals surface area (Å²) in [6, 6.07) is 15.4. The zero-order chi connectivity index (χ0) is 15.9. The normalized spacial score (nSPS) is 11.9. The highest BCUT2D eigenvalue weighted by atomic mass is 35.5. The van der Waals surface area contributed by atoms with Gasteiger partial charge in [-0.1, -0.05) is 48.0 Å². The second kappa shape index (κ2) is 7.85. The summed E-state index contributed by atoms with van der Waals surface area (Å²) in [6.07, 6.45) is 1.85. The van der Waals surface area contributed by atoms with Gasteiger partial charge in [0.1, 0.15) is 5.75 Å². The van der Waals surface area contributed by atoms with Crippen LogP contribution in [0.25, 0.3) is 0 Å². The van der Waals surface area contributed by atoms with Crippen LogP contribution >= 0.6 is 11.6 Å². The van der Waals surface area contributed by atoms with Crippen LogP contribution in [0.1, 0.15) is 30.4 Å². The quantitative estimate of drug-likeness (QED) is 0.762. The molecule has 2 rings (SSSR count). The molecule has 116 valence electrons. The van der Waals surface area contributed by atoms with Gasteiger partial charge in [0.25, 0.3) is 0 Å². The molecule has 1 N–H and O–H groups in total. The summed E-state index contributed by atoms with van der Waals surface area (Å²) >= 11 is 6.16. The molecule has 3 nitrogen and oxygen atoms in total. The number of benzene rings is 2. The minimum Gasteiger partial charge on any atom is -0.492 e. The summed E-state index contributed by atoms with van der Waals surface area (Å²) in [5.74, 6) is -0.853. The van der Waals surface area contributed by atoms with Gasteiger partial charge in [0, 0.05) is 0 Å². The fraction of sp³-hybridized carbons (Fsp3) is 0.278. The molecule has 0 fully saturated rings. The van der Waals surface area contributed by atoms with E-state index < -0.39 is 11.9 Å². The third-order valence-electron chi connectivity index (χ3n) is 3.54. The number of rotatable bonds is 7. The number of hydrogen-bond acceptors (Lipinski definition) is 2. The highest BCUT2D eigenvalue weighted by molar-refractivity contribution is 6.32. The van der Waals surface area contributed by atoms with Gasteiger partial charge in [0.05, 0.1) is 17.5 Å². The number of aliphatic carboxylic acids is 1. The van der Waals surface area contributed by atoms with Crippen molar-refractivity contribution >= 4 is 17.6 Å². The van der Waals surface area contributed by atoms with Crippen molar-refractivity contribution in [2.75, 3.05) is 6.61 Å². The van der Waals surface area contributed by atoms with E-state index in [4.69, 9.17) is 21.4 Å². The topological polar surface area (TPSA) is 46.5 Å². The molecule has 0 aromatic heterocycles. The van der Waals surface area contributed by atoms with Crippen molar-refractivity contribution in [1.29, 1.82) is 0 Å². The molecule has 0 bridgehead atoms. The molecule has 0 spiro atoms. The minimum atomic E-state index is -0.868. The smallest absolute Gasteiger partial charge is 0.310 e. The molecule has 0 aliphatic heterocycles. The Morgan fingerprint density at radius 1 is 1.23 bits per heavy atom. The first-order valence-corrected chi connectivity index (χ1v) is 7.64. The van der Waals surface area contributed by atoms with Gasteiger partial charge >= 0.3 is 5.97 Å². The molecule has 22 heavy (non-hydrogen) atoms. The van der Waals surface area contributed by atoms with Crippen molar-refractivity contribution < 1.29 is 14.6 Å². The van der Waals surface area contributed by atoms with Crippen LogP contribution in [0.4, 0.5) is 0 Å². The van der Waals surface area contributed by atoms with E-state index in [0.29, 0.717) is 22.9 Å². The van der Waals surface area contributed by atoms with Crippen molar-refractivity contribution in [3.8, 4) is 5.75 Å². The van der Waals surface area contributed by atoms with Crippen LogP contribution in [-0.2, 0) is 11.2 Å². The van der Waals surface area contributed by atoms with Crippen LogP contribution in [0.3, 0.4) is 0 Å². The lowest BCUT2D eigenvalue weighted by atomic mass is 10.0. The maximum atomic E-state index is 11.0. The fourth-order valence-electron chi connectivity index (χ4n) is 2.15. The van der Waals surface area contributed by atoms with E-state index in [1.54, 1.807) is 25.1 Å². The molecule has 0 amide bonds. The van der Waals surface area contributed by atoms with Gasteiger partial charge in [-0.3, -0.25) is 4.79 Å². The third-order valence-corrected chi connectivity index (χ3v) is 3.83. The van der Waals surface area contributed by atoms with Gasteiger partial charge in [-0.15, -0.1) is 0 Å². The fourth-order valence-corrected chi connectivity index (χ4v) is 2.39. The Hall–Kier alpha value is -2.00. The number of aryl methyl sites for hydroxylation is 1. The molecule has 0 saturated heterocycles. The summed E-state index contributed by atoms with van der Waals surface area (Å²) in [5, 5.41) is 9.45. The molecule has 0 radical (unpaired) electrons. The molecule has 0 saturated carbocycles. The van der Waals surface area contributed by atoms with Crippen LogP contribution in [0.15, 0.2) is 48.5 Å². The SMILES string of the molecule is C[C@H](C(=O)O)c1ccc(OCCCc2ccccc2)c(Cl)c1. The monoisotopic (exact) mass is 318 g/mol. The summed E-state index contributed by atoms with van der Waals surface area (Å²) in [6.45, 7) is 2.21. The van der Waals surface area contributed by atoms with Crippen LogP contribution in [0.2, 0.25) is 5.02 Å². The van der Waals surface area contributed by atoms with E-state index in [9.17, 15) is 4.79 Å². The molecular formula is C18H19ClO3. The Morgan fingerprint density at radius 2 is 1.95 bits per heavy atom. The zero-order valence-electron chi connectivity index (χ0n) is 12.5. The van der Waals surface area contributed by atoms with Crippen LogP contribution in [-0.4, -0.2) is 17.7 Å². The van der Waals surface area contributed by atoms with E-state index in [2.05, 4.69) is 12.1 Å². The molecule has 0 heterocycles. The lowest BCUT2D eigenvalue weighted by Gasteiger charge is -2.11. The van der Waals surface area contributed by atoms with Gasteiger partial charge in [-0.05, 0) is 43.0 Å². The lowest BCUT2D eigenvalue weighted by Crippen LogP contribution is -2.07. The maximum Gasteiger partial charge on any atom is 0.310 e. The number of hydrogen-bond donors (Lipinski definition) is 1. The van der Waals surface area contributed by atoms with Crippen LogP contribution < -0.4 is 4.74 Å². The van der Waals surface area contributed by atoms with Gasteiger partial charge in [0.2, 0.25) is 0 Å². The summed E-state index contributed by atoms with van der Waals surface area (Å²) in [4.78, 5) is 11.0. The number of carbonyl (C=O) groups is 1. The molecule has 0 aliphatic carbocycles. The van der Waals surface area contributed by atoms with Crippen molar-refractivity contribution in [1.82, 2.24) is 0 Å². The van der Waals surface area contributed by atoms with E-state index in [-0.39, 0.29) is 0 Å². The molecule has 2 aromatic carbocycles. The Morgan fingerprint density at radius 3 is 2.59 bits per heavy atom. The second-order valence-electron chi connectivity index (χ2n) is 5.19. The largest absolute Gasteiger partial charge is 0.492 e.